The molecule has 0 aromatic carbocycles. The van der Waals surface area contributed by atoms with Crippen molar-refractivity contribution in [2.45, 2.75) is 78.1 Å². The third-order valence-corrected chi connectivity index (χ3v) is 4.40. The van der Waals surface area contributed by atoms with E-state index >= 15 is 0 Å². The molecule has 0 aromatic heterocycles. The lowest BCUT2D eigenvalue weighted by molar-refractivity contribution is 0.448. The van der Waals surface area contributed by atoms with E-state index in [1.54, 1.807) is 0 Å². The van der Waals surface area contributed by atoms with Gasteiger partial charge in [0.05, 0.1) is 0 Å². The van der Waals surface area contributed by atoms with Crippen LogP contribution < -0.4 is 0 Å². The first-order valence-corrected chi connectivity index (χ1v) is 8.43. The minimum Gasteiger partial charge on any atom is -0.0861 e. The van der Waals surface area contributed by atoms with Crippen molar-refractivity contribution in [3.63, 3.8) is 0 Å². The van der Waals surface area contributed by atoms with Gasteiger partial charge in [-0.25, -0.2) is 0 Å². The van der Waals surface area contributed by atoms with Crippen molar-refractivity contribution < 1.29 is 0 Å². The molecule has 92 valence electrons. The molecule has 0 radical (unpaired) electrons. The lowest BCUT2D eigenvalue weighted by Gasteiger charge is -2.13. The minimum atomic E-state index is 1.01. The van der Waals surface area contributed by atoms with E-state index in [4.69, 9.17) is 0 Å². The highest BCUT2D eigenvalue weighted by atomic mass is 127. The molecule has 0 fully saturated rings. The van der Waals surface area contributed by atoms with Gasteiger partial charge in [0.1, 0.15) is 0 Å². The Morgan fingerprint density at radius 1 is 0.733 bits per heavy atom. The maximum Gasteiger partial charge on any atom is 0.00237 e. The topological polar surface area (TPSA) is 0 Å². The van der Waals surface area contributed by atoms with Gasteiger partial charge in [-0.15, -0.1) is 0 Å². The fraction of sp³-hybridized carbons (Fsp3) is 1.00. The third kappa shape index (κ3) is 11.0. The van der Waals surface area contributed by atoms with Gasteiger partial charge in [-0.1, -0.05) is 87.8 Å². The zero-order valence-electron chi connectivity index (χ0n) is 10.7. The summed E-state index contributed by atoms with van der Waals surface area (Å²) in [6, 6.07) is 0. The third-order valence-electron chi connectivity index (χ3n) is 3.15. The first-order chi connectivity index (χ1) is 7.35. The second-order valence-corrected chi connectivity index (χ2v) is 5.60. The van der Waals surface area contributed by atoms with Crippen molar-refractivity contribution in [3.05, 3.63) is 0 Å². The standard InChI is InChI=1S/C14H29I/c1-3-5-7-8-10-12-14(13-15)11-9-6-4-2/h14H,3-13H2,1-2H3. The predicted molar refractivity (Wildman–Crippen MR) is 79.9 cm³/mol. The van der Waals surface area contributed by atoms with Crippen LogP contribution in [0.2, 0.25) is 0 Å². The molecule has 0 heterocycles. The van der Waals surface area contributed by atoms with Crippen molar-refractivity contribution in [3.8, 4) is 0 Å². The van der Waals surface area contributed by atoms with E-state index in [2.05, 4.69) is 36.4 Å². The van der Waals surface area contributed by atoms with Crippen LogP contribution >= 0.6 is 22.6 Å². The smallest absolute Gasteiger partial charge is 0.00237 e. The van der Waals surface area contributed by atoms with Crippen LogP contribution in [-0.4, -0.2) is 4.43 Å². The highest BCUT2D eigenvalue weighted by Crippen LogP contribution is 2.20. The first-order valence-electron chi connectivity index (χ1n) is 6.91. The van der Waals surface area contributed by atoms with Gasteiger partial charge in [-0.3, -0.25) is 0 Å². The molecule has 0 spiro atoms. The Morgan fingerprint density at radius 2 is 1.20 bits per heavy atom. The summed E-state index contributed by atoms with van der Waals surface area (Å²) in [5.41, 5.74) is 0. The molecular weight excluding hydrogens is 295 g/mol. The van der Waals surface area contributed by atoms with Gasteiger partial charge in [0.15, 0.2) is 0 Å². The van der Waals surface area contributed by atoms with E-state index < -0.39 is 0 Å². The lowest BCUT2D eigenvalue weighted by atomic mass is 9.96. The van der Waals surface area contributed by atoms with Crippen LogP contribution in [0.3, 0.4) is 0 Å². The summed E-state index contributed by atoms with van der Waals surface area (Å²) in [6.45, 7) is 4.59. The molecule has 1 atom stereocenters. The minimum absolute atomic E-state index is 1.01. The quantitative estimate of drug-likeness (QED) is 0.249. The van der Waals surface area contributed by atoms with E-state index in [-0.39, 0.29) is 0 Å². The molecule has 15 heavy (non-hydrogen) atoms. The van der Waals surface area contributed by atoms with Crippen LogP contribution in [0.15, 0.2) is 0 Å². The summed E-state index contributed by atoms with van der Waals surface area (Å²) in [7, 11) is 0. The number of hydrogen-bond donors (Lipinski definition) is 0. The monoisotopic (exact) mass is 324 g/mol. The second kappa shape index (κ2) is 12.8. The van der Waals surface area contributed by atoms with Gasteiger partial charge in [0.25, 0.3) is 0 Å². The van der Waals surface area contributed by atoms with Gasteiger partial charge in [-0.05, 0) is 18.8 Å². The van der Waals surface area contributed by atoms with Crippen LogP contribution in [0.25, 0.3) is 0 Å². The average Bonchev–Trinajstić information content (AvgIpc) is 2.26. The van der Waals surface area contributed by atoms with Crippen molar-refractivity contribution in [1.82, 2.24) is 0 Å². The number of unbranched alkanes of at least 4 members (excludes halogenated alkanes) is 6. The molecule has 1 heteroatoms. The Balaban J connectivity index is 3.28. The Morgan fingerprint density at radius 3 is 1.73 bits per heavy atom. The summed E-state index contributed by atoms with van der Waals surface area (Å²) in [4.78, 5) is 0. The molecule has 0 N–H and O–H groups in total. The van der Waals surface area contributed by atoms with E-state index in [0.717, 1.165) is 5.92 Å². The molecule has 0 aliphatic carbocycles. The number of hydrogen-bond acceptors (Lipinski definition) is 0. The van der Waals surface area contributed by atoms with Crippen molar-refractivity contribution >= 4 is 22.6 Å². The Hall–Kier alpha value is 0.730. The zero-order chi connectivity index (χ0) is 11.4. The SMILES string of the molecule is CCCCCCCC(CI)CCCCC. The predicted octanol–water partition coefficient (Wildman–Crippen LogP) is 5.98. The van der Waals surface area contributed by atoms with E-state index in [9.17, 15) is 0 Å². The molecular formula is C14H29I. The van der Waals surface area contributed by atoms with Gasteiger partial charge in [0.2, 0.25) is 0 Å². The summed E-state index contributed by atoms with van der Waals surface area (Å²) in [6.07, 6.45) is 14.4. The van der Waals surface area contributed by atoms with Gasteiger partial charge in [-0.2, -0.15) is 0 Å². The fourth-order valence-corrected chi connectivity index (χ4v) is 2.90. The molecule has 0 rings (SSSR count). The zero-order valence-corrected chi connectivity index (χ0v) is 12.9. The summed E-state index contributed by atoms with van der Waals surface area (Å²) < 4.78 is 1.37. The van der Waals surface area contributed by atoms with Gasteiger partial charge in [0, 0.05) is 4.43 Å². The van der Waals surface area contributed by atoms with Crippen LogP contribution in [0.1, 0.15) is 78.1 Å². The highest BCUT2D eigenvalue weighted by molar-refractivity contribution is 14.1. The van der Waals surface area contributed by atoms with Gasteiger partial charge >= 0.3 is 0 Å². The maximum absolute atomic E-state index is 2.57. The molecule has 1 unspecified atom stereocenters. The van der Waals surface area contributed by atoms with Crippen LogP contribution in [0.4, 0.5) is 0 Å². The summed E-state index contributed by atoms with van der Waals surface area (Å²) >= 11 is 2.57. The van der Waals surface area contributed by atoms with E-state index in [1.165, 1.54) is 68.6 Å². The average molecular weight is 324 g/mol. The molecule has 0 saturated carbocycles. The number of alkyl halides is 1. The molecule has 0 bridgehead atoms. The number of halogens is 1. The maximum atomic E-state index is 2.57. The molecule has 0 aliphatic rings. The molecule has 0 amide bonds. The highest BCUT2D eigenvalue weighted by Gasteiger charge is 2.05. The summed E-state index contributed by atoms with van der Waals surface area (Å²) in [5, 5.41) is 0. The lowest BCUT2D eigenvalue weighted by Crippen LogP contribution is -2.02. The van der Waals surface area contributed by atoms with Crippen molar-refractivity contribution in [2.24, 2.45) is 5.92 Å². The van der Waals surface area contributed by atoms with E-state index in [1.807, 2.05) is 0 Å². The van der Waals surface area contributed by atoms with Crippen molar-refractivity contribution in [2.75, 3.05) is 4.43 Å². The van der Waals surface area contributed by atoms with Gasteiger partial charge < -0.3 is 0 Å². The Bertz CT molecular complexity index is 112. The van der Waals surface area contributed by atoms with Crippen LogP contribution in [0, 0.1) is 5.92 Å². The van der Waals surface area contributed by atoms with Crippen LogP contribution in [-0.2, 0) is 0 Å². The molecule has 0 saturated heterocycles. The number of rotatable bonds is 11. The Labute approximate surface area is 111 Å². The first kappa shape index (κ1) is 15.7. The van der Waals surface area contributed by atoms with E-state index in [0.29, 0.717) is 0 Å². The molecule has 0 nitrogen and oxygen atoms in total. The Kier molecular flexibility index (Phi) is 13.4. The normalized spacial score (nSPS) is 13.0. The molecule has 0 aromatic rings. The second-order valence-electron chi connectivity index (χ2n) is 4.72. The molecule has 0 aliphatic heterocycles. The largest absolute Gasteiger partial charge is 0.0861 e. The van der Waals surface area contributed by atoms with Crippen molar-refractivity contribution in [1.29, 1.82) is 0 Å². The van der Waals surface area contributed by atoms with Crippen LogP contribution in [0.5, 0.6) is 0 Å². The fourth-order valence-electron chi connectivity index (χ4n) is 2.02. The summed E-state index contributed by atoms with van der Waals surface area (Å²) in [5.74, 6) is 1.01.